The Balaban J connectivity index is 1.65. The predicted molar refractivity (Wildman–Crippen MR) is 115 cm³/mol. The van der Waals surface area contributed by atoms with Crippen LogP contribution in [-0.4, -0.2) is 47.2 Å². The first-order chi connectivity index (χ1) is 14.4. The Labute approximate surface area is 185 Å². The maximum atomic E-state index is 14.6. The van der Waals surface area contributed by atoms with Crippen molar-refractivity contribution in [2.24, 2.45) is 0 Å². The van der Waals surface area contributed by atoms with Crippen molar-refractivity contribution in [2.45, 2.75) is 37.5 Å². The summed E-state index contributed by atoms with van der Waals surface area (Å²) in [5.74, 6) is -3.58. The molecule has 5 nitrogen and oxygen atoms in total. The molecule has 2 aromatic carbocycles. The third kappa shape index (κ3) is 4.02. The topological polar surface area (TPSA) is 64.6 Å². The van der Waals surface area contributed by atoms with Crippen molar-refractivity contribution in [3.05, 3.63) is 56.9 Å². The number of likely N-dealkylation sites (tertiary alicyclic amines) is 1. The van der Waals surface area contributed by atoms with E-state index < -0.39 is 41.2 Å². The minimum atomic E-state index is -1.26. The number of rotatable bonds is 4. The van der Waals surface area contributed by atoms with Crippen LogP contribution in [0.3, 0.4) is 0 Å². The second kappa shape index (κ2) is 8.72. The van der Waals surface area contributed by atoms with Gasteiger partial charge in [-0.25, -0.2) is 13.2 Å². The van der Waals surface area contributed by atoms with Crippen LogP contribution in [0.1, 0.15) is 29.6 Å². The molecule has 1 amide bonds. The summed E-state index contributed by atoms with van der Waals surface area (Å²) >= 11 is 1.94. The number of carbonyl (C=O) groups is 1. The summed E-state index contributed by atoms with van der Waals surface area (Å²) in [6.07, 6.45) is 2.17. The van der Waals surface area contributed by atoms with E-state index in [2.05, 4.69) is 10.6 Å². The number of aliphatic hydroxyl groups is 1. The van der Waals surface area contributed by atoms with Gasteiger partial charge in [-0.3, -0.25) is 4.79 Å². The van der Waals surface area contributed by atoms with Gasteiger partial charge in [0.1, 0.15) is 5.82 Å². The monoisotopic (exact) mass is 531 g/mol. The fraction of sp³-hybridized carbons (Fsp3) is 0.381. The summed E-state index contributed by atoms with van der Waals surface area (Å²) in [6.45, 7) is 0.915. The van der Waals surface area contributed by atoms with E-state index in [0.717, 1.165) is 31.9 Å². The SMILES string of the molecule is O=C(c1ccc(F)c(F)c1Nc1ccc(I)cc1F)N1CC(O)C1[C@@H]1CCCCN1. The molecule has 2 aromatic rings. The molecule has 2 aliphatic rings. The number of hydrogen-bond donors (Lipinski definition) is 3. The van der Waals surface area contributed by atoms with Crippen molar-refractivity contribution in [3.63, 3.8) is 0 Å². The highest BCUT2D eigenvalue weighted by Gasteiger charge is 2.46. The molecule has 2 saturated heterocycles. The summed E-state index contributed by atoms with van der Waals surface area (Å²) in [5.41, 5.74) is -0.598. The van der Waals surface area contributed by atoms with Crippen LogP contribution in [0.5, 0.6) is 0 Å². The van der Waals surface area contributed by atoms with Gasteiger partial charge < -0.3 is 20.6 Å². The summed E-state index contributed by atoms with van der Waals surface area (Å²) < 4.78 is 43.5. The van der Waals surface area contributed by atoms with Crippen LogP contribution in [0.2, 0.25) is 0 Å². The summed E-state index contributed by atoms with van der Waals surface area (Å²) in [6, 6.07) is 5.83. The Morgan fingerprint density at radius 2 is 1.97 bits per heavy atom. The number of piperidine rings is 1. The van der Waals surface area contributed by atoms with Gasteiger partial charge in [0.2, 0.25) is 0 Å². The van der Waals surface area contributed by atoms with Crippen LogP contribution >= 0.6 is 22.6 Å². The quantitative estimate of drug-likeness (QED) is 0.526. The number of hydrogen-bond acceptors (Lipinski definition) is 4. The molecule has 0 aromatic heterocycles. The zero-order chi connectivity index (χ0) is 21.4. The van der Waals surface area contributed by atoms with Crippen LogP contribution in [0, 0.1) is 21.0 Å². The average Bonchev–Trinajstić information content (AvgIpc) is 2.71. The van der Waals surface area contributed by atoms with Gasteiger partial charge in [-0.2, -0.15) is 0 Å². The number of aliphatic hydroxyl groups excluding tert-OH is 1. The molecule has 0 saturated carbocycles. The van der Waals surface area contributed by atoms with Gasteiger partial charge in [0.25, 0.3) is 5.91 Å². The van der Waals surface area contributed by atoms with Gasteiger partial charge in [-0.1, -0.05) is 6.42 Å². The fourth-order valence-electron chi connectivity index (χ4n) is 4.11. The first kappa shape index (κ1) is 21.4. The van der Waals surface area contributed by atoms with E-state index in [1.165, 1.54) is 23.1 Å². The molecule has 9 heteroatoms. The Kier molecular flexibility index (Phi) is 6.21. The molecule has 3 atom stereocenters. The highest BCUT2D eigenvalue weighted by atomic mass is 127. The summed E-state index contributed by atoms with van der Waals surface area (Å²) in [7, 11) is 0. The van der Waals surface area contributed by atoms with Crippen molar-refractivity contribution < 1.29 is 23.1 Å². The molecular formula is C21H21F3IN3O2. The maximum Gasteiger partial charge on any atom is 0.256 e. The normalized spacial score (nSPS) is 23.8. The van der Waals surface area contributed by atoms with Crippen molar-refractivity contribution in [1.29, 1.82) is 0 Å². The lowest BCUT2D eigenvalue weighted by molar-refractivity contribution is -0.0613. The molecule has 2 fully saturated rings. The Morgan fingerprint density at radius 3 is 2.63 bits per heavy atom. The van der Waals surface area contributed by atoms with Crippen molar-refractivity contribution in [3.8, 4) is 0 Å². The number of nitrogens with one attached hydrogen (secondary N) is 2. The van der Waals surface area contributed by atoms with E-state index in [-0.39, 0.29) is 23.8 Å². The molecule has 2 aliphatic heterocycles. The Hall–Kier alpha value is -1.85. The van der Waals surface area contributed by atoms with Gasteiger partial charge in [0.15, 0.2) is 11.6 Å². The third-order valence-electron chi connectivity index (χ3n) is 5.68. The van der Waals surface area contributed by atoms with E-state index in [1.807, 2.05) is 22.6 Å². The van der Waals surface area contributed by atoms with Crippen LogP contribution in [0.25, 0.3) is 0 Å². The van der Waals surface area contributed by atoms with Crippen LogP contribution < -0.4 is 10.6 Å². The fourth-order valence-corrected chi connectivity index (χ4v) is 4.56. The molecule has 2 heterocycles. The van der Waals surface area contributed by atoms with Crippen LogP contribution in [0.4, 0.5) is 24.5 Å². The standard InChI is InChI=1S/C21H21F3IN3O2/c22-13-6-5-12(19(18(13)24)27-15-7-4-11(25)9-14(15)23)21(30)28-10-17(29)20(28)16-3-1-2-8-26-16/h4-7,9,16-17,20,26-27,29H,1-3,8,10H2/t16-,17?,20?/m0/s1. The second-order valence-electron chi connectivity index (χ2n) is 7.60. The van der Waals surface area contributed by atoms with Crippen molar-refractivity contribution in [1.82, 2.24) is 10.2 Å². The molecule has 160 valence electrons. The number of amides is 1. The van der Waals surface area contributed by atoms with Gasteiger partial charge in [-0.05, 0) is 72.3 Å². The van der Waals surface area contributed by atoms with E-state index in [1.54, 1.807) is 6.07 Å². The van der Waals surface area contributed by atoms with Crippen molar-refractivity contribution in [2.75, 3.05) is 18.4 Å². The number of halogens is 4. The number of carbonyl (C=O) groups excluding carboxylic acids is 1. The molecule has 4 rings (SSSR count). The van der Waals surface area contributed by atoms with Gasteiger partial charge in [0.05, 0.1) is 29.1 Å². The minimum Gasteiger partial charge on any atom is -0.389 e. The summed E-state index contributed by atoms with van der Waals surface area (Å²) in [4.78, 5) is 14.7. The zero-order valence-corrected chi connectivity index (χ0v) is 18.1. The lowest BCUT2D eigenvalue weighted by Crippen LogP contribution is -2.69. The summed E-state index contributed by atoms with van der Waals surface area (Å²) in [5, 5.41) is 16.1. The van der Waals surface area contributed by atoms with Gasteiger partial charge in [0, 0.05) is 16.2 Å². The molecular weight excluding hydrogens is 510 g/mol. The molecule has 0 spiro atoms. The zero-order valence-electron chi connectivity index (χ0n) is 16.0. The van der Waals surface area contributed by atoms with Gasteiger partial charge >= 0.3 is 0 Å². The average molecular weight is 531 g/mol. The van der Waals surface area contributed by atoms with Crippen molar-refractivity contribution >= 4 is 39.9 Å². The lowest BCUT2D eigenvalue weighted by atomic mass is 9.86. The van der Waals surface area contributed by atoms with E-state index in [9.17, 15) is 23.1 Å². The molecule has 30 heavy (non-hydrogen) atoms. The number of β-amino-alcohol motifs (C(OH)–C–C–N with tert-alkyl or cyclic N) is 1. The highest BCUT2D eigenvalue weighted by molar-refractivity contribution is 14.1. The van der Waals surface area contributed by atoms with Crippen LogP contribution in [-0.2, 0) is 0 Å². The van der Waals surface area contributed by atoms with Gasteiger partial charge in [-0.15, -0.1) is 0 Å². The maximum absolute atomic E-state index is 14.6. The largest absolute Gasteiger partial charge is 0.389 e. The molecule has 0 radical (unpaired) electrons. The molecule has 3 N–H and O–H groups in total. The molecule has 2 unspecified atom stereocenters. The van der Waals surface area contributed by atoms with E-state index in [4.69, 9.17) is 0 Å². The smallest absolute Gasteiger partial charge is 0.256 e. The second-order valence-corrected chi connectivity index (χ2v) is 8.85. The predicted octanol–water partition coefficient (Wildman–Crippen LogP) is 3.78. The van der Waals surface area contributed by atoms with E-state index in [0.29, 0.717) is 3.57 Å². The van der Waals surface area contributed by atoms with Crippen LogP contribution in [0.15, 0.2) is 30.3 Å². The number of nitrogens with zero attached hydrogens (tertiary/aromatic N) is 1. The first-order valence-electron chi connectivity index (χ1n) is 9.79. The molecule has 0 bridgehead atoms. The minimum absolute atomic E-state index is 0.0539. The Morgan fingerprint density at radius 1 is 1.17 bits per heavy atom. The third-order valence-corrected chi connectivity index (χ3v) is 6.35. The Bertz CT molecular complexity index is 969. The number of anilines is 2. The van der Waals surface area contributed by atoms with E-state index >= 15 is 0 Å². The number of benzene rings is 2. The first-order valence-corrected chi connectivity index (χ1v) is 10.9. The lowest BCUT2D eigenvalue weighted by Gasteiger charge is -2.50. The highest BCUT2D eigenvalue weighted by Crippen LogP contribution is 2.33. The molecule has 0 aliphatic carbocycles.